The van der Waals surface area contributed by atoms with Crippen molar-refractivity contribution in [2.24, 2.45) is 7.05 Å². The Hall–Kier alpha value is -2.16. The van der Waals surface area contributed by atoms with Gasteiger partial charge in [0.1, 0.15) is 6.33 Å². The second-order valence-electron chi connectivity index (χ2n) is 3.99. The van der Waals surface area contributed by atoms with E-state index in [0.717, 1.165) is 0 Å². The third kappa shape index (κ3) is 4.21. The van der Waals surface area contributed by atoms with E-state index in [9.17, 15) is 9.59 Å². The van der Waals surface area contributed by atoms with Crippen LogP contribution in [0.25, 0.3) is 0 Å². The Morgan fingerprint density at radius 3 is 2.68 bits per heavy atom. The number of amides is 2. The van der Waals surface area contributed by atoms with Crippen LogP contribution in [-0.4, -0.2) is 51.6 Å². The van der Waals surface area contributed by atoms with Gasteiger partial charge in [-0.1, -0.05) is 0 Å². The lowest BCUT2D eigenvalue weighted by Crippen LogP contribution is -2.48. The first-order chi connectivity index (χ1) is 8.95. The van der Waals surface area contributed by atoms with Crippen LogP contribution in [0.3, 0.4) is 0 Å². The molecule has 3 N–H and O–H groups in total. The normalized spacial score (nSPS) is 13.6. The zero-order valence-electron chi connectivity index (χ0n) is 11.0. The van der Waals surface area contributed by atoms with Gasteiger partial charge in [0.05, 0.1) is 12.6 Å². The summed E-state index contributed by atoms with van der Waals surface area (Å²) in [5, 5.41) is 21.3. The van der Waals surface area contributed by atoms with Gasteiger partial charge in [-0.25, -0.2) is 9.59 Å². The van der Waals surface area contributed by atoms with Crippen LogP contribution in [-0.2, 0) is 16.6 Å². The van der Waals surface area contributed by atoms with Crippen LogP contribution in [0.1, 0.15) is 18.8 Å². The number of methoxy groups -OCH3 is 1. The monoisotopic (exact) mass is 271 g/mol. The van der Waals surface area contributed by atoms with E-state index in [1.807, 2.05) is 0 Å². The Morgan fingerprint density at radius 2 is 2.21 bits per heavy atom. The quantitative estimate of drug-likeness (QED) is 0.628. The molecule has 0 saturated carbocycles. The number of hydrogen-bond donors (Lipinski definition) is 3. The van der Waals surface area contributed by atoms with Gasteiger partial charge in [0.2, 0.25) is 0 Å². The SMILES string of the molecule is COCC(NC(=O)NC(C)c1nncn1C)C(=O)O. The number of rotatable bonds is 6. The van der Waals surface area contributed by atoms with Crippen LogP contribution < -0.4 is 10.6 Å². The van der Waals surface area contributed by atoms with Crippen molar-refractivity contribution in [1.82, 2.24) is 25.4 Å². The molecule has 2 unspecified atom stereocenters. The van der Waals surface area contributed by atoms with E-state index in [0.29, 0.717) is 5.82 Å². The molecule has 0 bridgehead atoms. The predicted molar refractivity (Wildman–Crippen MR) is 64.4 cm³/mol. The topological polar surface area (TPSA) is 118 Å². The molecule has 1 heterocycles. The zero-order chi connectivity index (χ0) is 14.4. The zero-order valence-corrected chi connectivity index (χ0v) is 11.0. The largest absolute Gasteiger partial charge is 0.480 e. The number of aryl methyl sites for hydroxylation is 1. The first-order valence-electron chi connectivity index (χ1n) is 5.58. The van der Waals surface area contributed by atoms with Crippen LogP contribution >= 0.6 is 0 Å². The third-order valence-electron chi connectivity index (χ3n) is 2.42. The number of carbonyl (C=O) groups is 2. The van der Waals surface area contributed by atoms with E-state index in [2.05, 4.69) is 20.8 Å². The Kier molecular flexibility index (Phi) is 5.24. The standard InChI is InChI=1S/C10H17N5O4/c1-6(8-14-11-5-15(8)2)12-10(18)13-7(4-19-3)9(16)17/h5-7H,4H2,1-3H3,(H,16,17)(H2,12,13,18). The molecule has 0 radical (unpaired) electrons. The second-order valence-corrected chi connectivity index (χ2v) is 3.99. The van der Waals surface area contributed by atoms with E-state index in [1.54, 1.807) is 18.5 Å². The van der Waals surface area contributed by atoms with Crippen LogP contribution in [0, 0.1) is 0 Å². The average Bonchev–Trinajstić information content (AvgIpc) is 2.74. The lowest BCUT2D eigenvalue weighted by molar-refractivity contribution is -0.140. The summed E-state index contributed by atoms with van der Waals surface area (Å²) in [6.07, 6.45) is 1.51. The van der Waals surface area contributed by atoms with Crippen LogP contribution in [0.4, 0.5) is 4.79 Å². The number of ether oxygens (including phenoxy) is 1. The van der Waals surface area contributed by atoms with E-state index < -0.39 is 24.1 Å². The van der Waals surface area contributed by atoms with Gasteiger partial charge in [-0.2, -0.15) is 0 Å². The van der Waals surface area contributed by atoms with Crippen molar-refractivity contribution in [3.63, 3.8) is 0 Å². The van der Waals surface area contributed by atoms with Crippen molar-refractivity contribution in [2.45, 2.75) is 19.0 Å². The molecule has 0 spiro atoms. The highest BCUT2D eigenvalue weighted by atomic mass is 16.5. The summed E-state index contributed by atoms with van der Waals surface area (Å²) < 4.78 is 6.37. The van der Waals surface area contributed by atoms with Gasteiger partial charge in [-0.05, 0) is 6.92 Å². The predicted octanol–water partition coefficient (Wildman–Crippen LogP) is -0.725. The van der Waals surface area contributed by atoms with Crippen molar-refractivity contribution >= 4 is 12.0 Å². The van der Waals surface area contributed by atoms with Gasteiger partial charge in [0.25, 0.3) is 0 Å². The lowest BCUT2D eigenvalue weighted by Gasteiger charge is -2.17. The number of carbonyl (C=O) groups excluding carboxylic acids is 1. The Balaban J connectivity index is 2.55. The molecular weight excluding hydrogens is 254 g/mol. The fourth-order valence-corrected chi connectivity index (χ4v) is 1.49. The maximum absolute atomic E-state index is 11.7. The number of carboxylic acids is 1. The fraction of sp³-hybridized carbons (Fsp3) is 0.600. The Morgan fingerprint density at radius 1 is 1.53 bits per heavy atom. The van der Waals surface area contributed by atoms with E-state index in [1.165, 1.54) is 13.4 Å². The van der Waals surface area contributed by atoms with Crippen molar-refractivity contribution in [3.8, 4) is 0 Å². The molecule has 2 amide bonds. The molecule has 0 aliphatic rings. The number of aromatic nitrogens is 3. The number of nitrogens with zero attached hydrogens (tertiary/aromatic N) is 3. The number of hydrogen-bond acceptors (Lipinski definition) is 5. The van der Waals surface area contributed by atoms with Crippen molar-refractivity contribution in [2.75, 3.05) is 13.7 Å². The van der Waals surface area contributed by atoms with Crippen LogP contribution in [0.15, 0.2) is 6.33 Å². The van der Waals surface area contributed by atoms with E-state index in [4.69, 9.17) is 9.84 Å². The van der Waals surface area contributed by atoms with E-state index in [-0.39, 0.29) is 6.61 Å². The average molecular weight is 271 g/mol. The maximum Gasteiger partial charge on any atom is 0.328 e. The summed E-state index contributed by atoms with van der Waals surface area (Å²) in [6, 6.07) is -2.11. The molecule has 0 aromatic carbocycles. The lowest BCUT2D eigenvalue weighted by atomic mass is 10.3. The summed E-state index contributed by atoms with van der Waals surface area (Å²) in [5.74, 6) is -0.600. The molecule has 1 aromatic rings. The van der Waals surface area contributed by atoms with Crippen molar-refractivity contribution < 1.29 is 19.4 Å². The van der Waals surface area contributed by atoms with Crippen LogP contribution in [0.5, 0.6) is 0 Å². The van der Waals surface area contributed by atoms with Crippen molar-refractivity contribution in [3.05, 3.63) is 12.2 Å². The number of aliphatic carboxylic acids is 1. The highest BCUT2D eigenvalue weighted by Crippen LogP contribution is 2.06. The summed E-state index contributed by atoms with van der Waals surface area (Å²) in [7, 11) is 3.11. The molecule has 0 aliphatic heterocycles. The minimum Gasteiger partial charge on any atom is -0.480 e. The van der Waals surface area contributed by atoms with Crippen LogP contribution in [0.2, 0.25) is 0 Å². The summed E-state index contributed by atoms with van der Waals surface area (Å²) in [6.45, 7) is 1.61. The first-order valence-corrected chi connectivity index (χ1v) is 5.58. The highest BCUT2D eigenvalue weighted by molar-refractivity contribution is 5.82. The summed E-state index contributed by atoms with van der Waals surface area (Å²) in [4.78, 5) is 22.5. The Bertz CT molecular complexity index is 447. The molecule has 19 heavy (non-hydrogen) atoms. The van der Waals surface area contributed by atoms with Crippen molar-refractivity contribution in [1.29, 1.82) is 0 Å². The van der Waals surface area contributed by atoms with Gasteiger partial charge in [-0.3, -0.25) is 0 Å². The maximum atomic E-state index is 11.7. The summed E-state index contributed by atoms with van der Waals surface area (Å²) in [5.41, 5.74) is 0. The van der Waals surface area contributed by atoms with Gasteiger partial charge >= 0.3 is 12.0 Å². The number of nitrogens with one attached hydrogen (secondary N) is 2. The molecule has 2 atom stereocenters. The Labute approximate surface area is 110 Å². The number of carboxylic acid groups (broad SMARTS) is 1. The minimum atomic E-state index is -1.16. The molecular formula is C10H17N5O4. The molecule has 0 fully saturated rings. The number of urea groups is 1. The second kappa shape index (κ2) is 6.69. The molecule has 0 saturated heterocycles. The van der Waals surface area contributed by atoms with Gasteiger partial charge < -0.3 is 25.0 Å². The highest BCUT2D eigenvalue weighted by Gasteiger charge is 2.21. The minimum absolute atomic E-state index is 0.110. The molecule has 106 valence electrons. The molecule has 0 aliphatic carbocycles. The van der Waals surface area contributed by atoms with E-state index >= 15 is 0 Å². The molecule has 9 heteroatoms. The van der Waals surface area contributed by atoms with Gasteiger partial charge in [0.15, 0.2) is 11.9 Å². The first kappa shape index (κ1) is 14.9. The summed E-state index contributed by atoms with van der Waals surface area (Å²) >= 11 is 0. The molecule has 9 nitrogen and oxygen atoms in total. The molecule has 1 rings (SSSR count). The molecule has 1 aromatic heterocycles. The third-order valence-corrected chi connectivity index (χ3v) is 2.42. The van der Waals surface area contributed by atoms with Gasteiger partial charge in [-0.15, -0.1) is 10.2 Å². The van der Waals surface area contributed by atoms with Gasteiger partial charge in [0, 0.05) is 14.2 Å². The fourth-order valence-electron chi connectivity index (χ4n) is 1.49. The smallest absolute Gasteiger partial charge is 0.328 e.